The summed E-state index contributed by atoms with van der Waals surface area (Å²) in [4.78, 5) is 25.2. The van der Waals surface area contributed by atoms with Crippen LogP contribution in [0.15, 0.2) is 59.7 Å². The Hall–Kier alpha value is -2.22. The van der Waals surface area contributed by atoms with E-state index in [9.17, 15) is 9.59 Å². The smallest absolute Gasteiger partial charge is 0.194 e. The molecule has 2 nitrogen and oxygen atoms in total. The third-order valence-electron chi connectivity index (χ3n) is 4.25. The average Bonchev–Trinajstić information content (AvgIpc) is 2.92. The van der Waals surface area contributed by atoms with Gasteiger partial charge in [0.15, 0.2) is 11.6 Å². The first-order chi connectivity index (χ1) is 9.27. The van der Waals surface area contributed by atoms with Gasteiger partial charge in [0.05, 0.1) is 0 Å². The van der Waals surface area contributed by atoms with E-state index < -0.39 is 0 Å². The van der Waals surface area contributed by atoms with Crippen LogP contribution in [0.3, 0.4) is 0 Å². The van der Waals surface area contributed by atoms with E-state index in [-0.39, 0.29) is 17.5 Å². The van der Waals surface area contributed by atoms with Crippen LogP contribution in [-0.4, -0.2) is 11.6 Å². The largest absolute Gasteiger partial charge is 0.289 e. The van der Waals surface area contributed by atoms with Gasteiger partial charge in [0.2, 0.25) is 0 Å². The minimum absolute atomic E-state index is 0.0137. The van der Waals surface area contributed by atoms with E-state index in [2.05, 4.69) is 18.2 Å². The predicted octanol–water partition coefficient (Wildman–Crippen LogP) is 3.12. The Labute approximate surface area is 111 Å². The van der Waals surface area contributed by atoms with Crippen molar-refractivity contribution in [3.8, 4) is 0 Å². The zero-order valence-corrected chi connectivity index (χ0v) is 10.3. The molecule has 0 aromatic heterocycles. The normalized spacial score (nSPS) is 27.4. The van der Waals surface area contributed by atoms with Crippen molar-refractivity contribution in [3.63, 3.8) is 0 Å². The van der Waals surface area contributed by atoms with E-state index in [0.29, 0.717) is 28.2 Å². The van der Waals surface area contributed by atoms with Crippen LogP contribution < -0.4 is 0 Å². The molecule has 1 aromatic carbocycles. The fourth-order valence-electron chi connectivity index (χ4n) is 3.31. The molecule has 2 heteroatoms. The first-order valence-electron chi connectivity index (χ1n) is 6.55. The van der Waals surface area contributed by atoms with Gasteiger partial charge in [-0.15, -0.1) is 0 Å². The highest BCUT2D eigenvalue weighted by Gasteiger charge is 2.39. The molecule has 0 bridgehead atoms. The van der Waals surface area contributed by atoms with Crippen LogP contribution in [0, 0.1) is 11.8 Å². The Balaban J connectivity index is 1.96. The van der Waals surface area contributed by atoms with E-state index >= 15 is 0 Å². The first kappa shape index (κ1) is 10.7. The van der Waals surface area contributed by atoms with Gasteiger partial charge in [-0.05, 0) is 12.3 Å². The summed E-state index contributed by atoms with van der Waals surface area (Å²) in [5, 5.41) is 0. The fourth-order valence-corrected chi connectivity index (χ4v) is 3.31. The number of ketones is 2. The molecule has 0 aliphatic heterocycles. The zero-order valence-electron chi connectivity index (χ0n) is 10.3. The summed E-state index contributed by atoms with van der Waals surface area (Å²) >= 11 is 0. The minimum Gasteiger partial charge on any atom is -0.289 e. The minimum atomic E-state index is -0.0137. The van der Waals surface area contributed by atoms with Crippen molar-refractivity contribution >= 4 is 11.6 Å². The van der Waals surface area contributed by atoms with E-state index in [1.807, 2.05) is 12.1 Å². The number of carbonyl (C=O) groups excluding carboxylic acids is 2. The van der Waals surface area contributed by atoms with Crippen molar-refractivity contribution in [1.29, 1.82) is 0 Å². The maximum atomic E-state index is 12.7. The lowest BCUT2D eigenvalue weighted by atomic mass is 9.72. The fraction of sp³-hybridized carbons (Fsp3) is 0.176. The Bertz CT molecular complexity index is 704. The number of Topliss-reactive ketones (excluding diaryl/α,β-unsaturated/α-hetero) is 2. The van der Waals surface area contributed by atoms with Crippen molar-refractivity contribution in [2.45, 2.75) is 6.42 Å². The molecule has 0 heterocycles. The summed E-state index contributed by atoms with van der Waals surface area (Å²) in [5.74, 6) is 0.446. The molecule has 3 aliphatic carbocycles. The molecule has 2 atom stereocenters. The molecule has 4 rings (SSSR count). The molecule has 0 amide bonds. The van der Waals surface area contributed by atoms with E-state index in [1.165, 1.54) is 0 Å². The van der Waals surface area contributed by atoms with Gasteiger partial charge in [-0.25, -0.2) is 0 Å². The van der Waals surface area contributed by atoms with E-state index in [1.54, 1.807) is 18.2 Å². The van der Waals surface area contributed by atoms with Crippen LogP contribution in [0.25, 0.3) is 0 Å². The van der Waals surface area contributed by atoms with Gasteiger partial charge in [0.1, 0.15) is 0 Å². The number of fused-ring (bicyclic) bond motifs is 3. The van der Waals surface area contributed by atoms with Crippen LogP contribution in [0.2, 0.25) is 0 Å². The highest BCUT2D eigenvalue weighted by molar-refractivity contribution is 6.28. The lowest BCUT2D eigenvalue weighted by Gasteiger charge is -2.28. The SMILES string of the molecule is O=C1C2=C(C(=O)c3ccccc31)[C@H]1C=CC[C@H]1C=C2. The number of benzene rings is 1. The molecular formula is C17H12O2. The molecular weight excluding hydrogens is 236 g/mol. The number of allylic oxidation sites excluding steroid dienone is 6. The standard InChI is InChI=1S/C17H12O2/c18-16-12-5-1-2-6-13(12)17(19)15-11-7-3-4-10(11)8-9-14(15)16/h1-3,5-11H,4H2/t10-,11-/m0/s1. The van der Waals surface area contributed by atoms with Crippen molar-refractivity contribution in [1.82, 2.24) is 0 Å². The second-order valence-electron chi connectivity index (χ2n) is 5.24. The zero-order chi connectivity index (χ0) is 13.0. The van der Waals surface area contributed by atoms with Gasteiger partial charge < -0.3 is 0 Å². The summed E-state index contributed by atoms with van der Waals surface area (Å²) in [6.07, 6.45) is 9.06. The summed E-state index contributed by atoms with van der Waals surface area (Å²) in [7, 11) is 0. The highest BCUT2D eigenvalue weighted by Crippen LogP contribution is 2.42. The third kappa shape index (κ3) is 1.31. The number of hydrogen-bond acceptors (Lipinski definition) is 2. The number of carbonyl (C=O) groups is 2. The van der Waals surface area contributed by atoms with Crippen LogP contribution in [0.4, 0.5) is 0 Å². The third-order valence-corrected chi connectivity index (χ3v) is 4.25. The molecule has 92 valence electrons. The number of hydrogen-bond donors (Lipinski definition) is 0. The molecule has 0 saturated carbocycles. The summed E-state index contributed by atoms with van der Waals surface area (Å²) in [6.45, 7) is 0. The van der Waals surface area contributed by atoms with Gasteiger partial charge in [0, 0.05) is 28.2 Å². The maximum Gasteiger partial charge on any atom is 0.194 e. The Morgan fingerprint density at radius 3 is 2.47 bits per heavy atom. The summed E-state index contributed by atoms with van der Waals surface area (Å²) in [5.41, 5.74) is 2.39. The Morgan fingerprint density at radius 1 is 0.947 bits per heavy atom. The molecule has 0 saturated heterocycles. The molecule has 0 spiro atoms. The monoisotopic (exact) mass is 248 g/mol. The van der Waals surface area contributed by atoms with Crippen LogP contribution in [0.5, 0.6) is 0 Å². The van der Waals surface area contributed by atoms with Gasteiger partial charge in [-0.2, -0.15) is 0 Å². The Morgan fingerprint density at radius 2 is 1.68 bits per heavy atom. The van der Waals surface area contributed by atoms with Gasteiger partial charge in [-0.1, -0.05) is 48.6 Å². The van der Waals surface area contributed by atoms with Gasteiger partial charge in [0.25, 0.3) is 0 Å². The van der Waals surface area contributed by atoms with Crippen LogP contribution in [0.1, 0.15) is 27.1 Å². The van der Waals surface area contributed by atoms with Crippen molar-refractivity contribution < 1.29 is 9.59 Å². The van der Waals surface area contributed by atoms with Crippen molar-refractivity contribution in [3.05, 3.63) is 70.8 Å². The molecule has 3 aliphatic rings. The van der Waals surface area contributed by atoms with E-state index in [0.717, 1.165) is 6.42 Å². The van der Waals surface area contributed by atoms with E-state index in [4.69, 9.17) is 0 Å². The second-order valence-corrected chi connectivity index (χ2v) is 5.24. The van der Waals surface area contributed by atoms with Crippen LogP contribution >= 0.6 is 0 Å². The van der Waals surface area contributed by atoms with Crippen molar-refractivity contribution in [2.24, 2.45) is 11.8 Å². The lowest BCUT2D eigenvalue weighted by Crippen LogP contribution is -2.29. The Kier molecular flexibility index (Phi) is 2.05. The van der Waals surface area contributed by atoms with Crippen LogP contribution in [-0.2, 0) is 0 Å². The predicted molar refractivity (Wildman–Crippen MR) is 72.0 cm³/mol. The number of rotatable bonds is 0. The quantitative estimate of drug-likeness (QED) is 0.661. The molecule has 0 radical (unpaired) electrons. The lowest BCUT2D eigenvalue weighted by molar-refractivity contribution is 0.0967. The van der Waals surface area contributed by atoms with Gasteiger partial charge >= 0.3 is 0 Å². The molecule has 0 unspecified atom stereocenters. The summed E-state index contributed by atoms with van der Waals surface area (Å²) in [6, 6.07) is 7.12. The topological polar surface area (TPSA) is 34.1 Å². The second kappa shape index (κ2) is 3.64. The van der Waals surface area contributed by atoms with Crippen molar-refractivity contribution in [2.75, 3.05) is 0 Å². The average molecular weight is 248 g/mol. The summed E-state index contributed by atoms with van der Waals surface area (Å²) < 4.78 is 0. The molecule has 0 N–H and O–H groups in total. The molecule has 19 heavy (non-hydrogen) atoms. The highest BCUT2D eigenvalue weighted by atomic mass is 16.1. The van der Waals surface area contributed by atoms with Gasteiger partial charge in [-0.3, -0.25) is 9.59 Å². The maximum absolute atomic E-state index is 12.7. The molecule has 1 aromatic rings. The molecule has 0 fully saturated rings. The first-order valence-corrected chi connectivity index (χ1v) is 6.55.